The van der Waals surface area contributed by atoms with Crippen LogP contribution in [0.25, 0.3) is 0 Å². The Morgan fingerprint density at radius 3 is 2.83 bits per heavy atom. The van der Waals surface area contributed by atoms with Crippen LogP contribution in [0.3, 0.4) is 0 Å². The molecule has 0 aromatic carbocycles. The van der Waals surface area contributed by atoms with Crippen molar-refractivity contribution >= 4 is 0 Å². The summed E-state index contributed by atoms with van der Waals surface area (Å²) in [5.74, 6) is 0.724. The topological polar surface area (TPSA) is 33.0 Å². The zero-order valence-corrected chi connectivity index (χ0v) is 7.97. The molecule has 1 saturated carbocycles. The Morgan fingerprint density at radius 2 is 2.42 bits per heavy atom. The minimum Gasteiger partial charge on any atom is -0.385 e. The van der Waals surface area contributed by atoms with E-state index in [0.717, 1.165) is 31.8 Å². The highest BCUT2D eigenvalue weighted by Crippen LogP contribution is 2.43. The minimum atomic E-state index is -0.0601. The van der Waals surface area contributed by atoms with Gasteiger partial charge in [0.05, 0.1) is 11.5 Å². The van der Waals surface area contributed by atoms with Gasteiger partial charge in [0.1, 0.15) is 0 Å². The number of rotatable bonds is 3. The molecule has 2 atom stereocenters. The van der Waals surface area contributed by atoms with Gasteiger partial charge in [-0.25, -0.2) is 0 Å². The number of methoxy groups -OCH3 is 1. The molecule has 1 fully saturated rings. The van der Waals surface area contributed by atoms with Crippen molar-refractivity contribution in [3.63, 3.8) is 0 Å². The molecule has 1 aliphatic carbocycles. The fourth-order valence-corrected chi connectivity index (χ4v) is 2.08. The number of ether oxygens (including phenoxy) is 1. The molecule has 0 spiro atoms. The normalized spacial score (nSPS) is 34.9. The Hall–Kier alpha value is -0.550. The summed E-state index contributed by atoms with van der Waals surface area (Å²) in [5, 5.41) is 9.06. The van der Waals surface area contributed by atoms with E-state index < -0.39 is 0 Å². The van der Waals surface area contributed by atoms with Crippen molar-refractivity contribution in [3.8, 4) is 6.07 Å². The zero-order chi connectivity index (χ0) is 9.03. The van der Waals surface area contributed by atoms with Gasteiger partial charge in [-0.2, -0.15) is 5.26 Å². The van der Waals surface area contributed by atoms with Crippen LogP contribution < -0.4 is 0 Å². The van der Waals surface area contributed by atoms with Gasteiger partial charge in [-0.15, -0.1) is 0 Å². The van der Waals surface area contributed by atoms with E-state index in [4.69, 9.17) is 10.00 Å². The lowest BCUT2D eigenvalue weighted by molar-refractivity contribution is 0.159. The van der Waals surface area contributed by atoms with Crippen molar-refractivity contribution in [2.24, 2.45) is 11.3 Å². The van der Waals surface area contributed by atoms with E-state index in [9.17, 15) is 0 Å². The number of nitriles is 1. The Labute approximate surface area is 74.5 Å². The standard InChI is InChI=1S/C10H17NO/c1-9-3-4-10(7-9,8-11)5-6-12-2/h9H,3-7H2,1-2H3. The van der Waals surface area contributed by atoms with Gasteiger partial charge >= 0.3 is 0 Å². The first-order chi connectivity index (χ1) is 5.72. The fourth-order valence-electron chi connectivity index (χ4n) is 2.08. The molecule has 0 aromatic heterocycles. The van der Waals surface area contributed by atoms with Gasteiger partial charge in [0.25, 0.3) is 0 Å². The van der Waals surface area contributed by atoms with Crippen molar-refractivity contribution in [1.29, 1.82) is 5.26 Å². The molecule has 0 saturated heterocycles. The van der Waals surface area contributed by atoms with Gasteiger partial charge in [0.2, 0.25) is 0 Å². The Kier molecular flexibility index (Phi) is 3.11. The van der Waals surface area contributed by atoms with Crippen LogP contribution in [0.2, 0.25) is 0 Å². The monoisotopic (exact) mass is 167 g/mol. The molecular formula is C10H17NO. The largest absolute Gasteiger partial charge is 0.385 e. The molecule has 1 aliphatic rings. The van der Waals surface area contributed by atoms with E-state index >= 15 is 0 Å². The summed E-state index contributed by atoms with van der Waals surface area (Å²) < 4.78 is 5.01. The second-order valence-corrected chi connectivity index (χ2v) is 3.98. The van der Waals surface area contributed by atoms with E-state index in [1.807, 2.05) is 0 Å². The van der Waals surface area contributed by atoms with Gasteiger partial charge in [-0.1, -0.05) is 6.92 Å². The first-order valence-corrected chi connectivity index (χ1v) is 4.63. The fraction of sp³-hybridized carbons (Fsp3) is 0.900. The van der Waals surface area contributed by atoms with Gasteiger partial charge in [-0.05, 0) is 31.6 Å². The summed E-state index contributed by atoms with van der Waals surface area (Å²) in [4.78, 5) is 0. The van der Waals surface area contributed by atoms with E-state index in [0.29, 0.717) is 0 Å². The molecule has 0 bridgehead atoms. The molecule has 68 valence electrons. The lowest BCUT2D eigenvalue weighted by Gasteiger charge is -2.19. The molecular weight excluding hydrogens is 150 g/mol. The van der Waals surface area contributed by atoms with Crippen molar-refractivity contribution < 1.29 is 4.74 Å². The Bertz CT molecular complexity index is 185. The van der Waals surface area contributed by atoms with Gasteiger partial charge < -0.3 is 4.74 Å². The molecule has 2 unspecified atom stereocenters. The summed E-state index contributed by atoms with van der Waals surface area (Å²) in [6.07, 6.45) is 4.24. The predicted molar refractivity (Wildman–Crippen MR) is 47.6 cm³/mol. The van der Waals surface area contributed by atoms with E-state index in [-0.39, 0.29) is 5.41 Å². The van der Waals surface area contributed by atoms with Crippen LogP contribution in [-0.4, -0.2) is 13.7 Å². The van der Waals surface area contributed by atoms with Crippen LogP contribution in [0.5, 0.6) is 0 Å². The van der Waals surface area contributed by atoms with E-state index in [2.05, 4.69) is 13.0 Å². The first-order valence-electron chi connectivity index (χ1n) is 4.63. The second-order valence-electron chi connectivity index (χ2n) is 3.98. The molecule has 0 radical (unpaired) electrons. The highest BCUT2D eigenvalue weighted by molar-refractivity contribution is 5.03. The predicted octanol–water partition coefficient (Wildman–Crippen LogP) is 2.35. The molecule has 12 heavy (non-hydrogen) atoms. The maximum absolute atomic E-state index is 9.06. The average Bonchev–Trinajstić information content (AvgIpc) is 2.45. The lowest BCUT2D eigenvalue weighted by Crippen LogP contribution is -2.16. The second kappa shape index (κ2) is 3.91. The third kappa shape index (κ3) is 1.98. The summed E-state index contributed by atoms with van der Waals surface area (Å²) in [5.41, 5.74) is -0.0601. The zero-order valence-electron chi connectivity index (χ0n) is 7.97. The molecule has 0 heterocycles. The molecule has 2 nitrogen and oxygen atoms in total. The molecule has 0 amide bonds. The first kappa shape index (κ1) is 9.54. The quantitative estimate of drug-likeness (QED) is 0.646. The Morgan fingerprint density at radius 1 is 1.67 bits per heavy atom. The smallest absolute Gasteiger partial charge is 0.0690 e. The van der Waals surface area contributed by atoms with E-state index in [1.165, 1.54) is 6.42 Å². The summed E-state index contributed by atoms with van der Waals surface area (Å²) >= 11 is 0. The van der Waals surface area contributed by atoms with Crippen molar-refractivity contribution in [3.05, 3.63) is 0 Å². The van der Waals surface area contributed by atoms with Crippen LogP contribution in [0.15, 0.2) is 0 Å². The van der Waals surface area contributed by atoms with Crippen LogP contribution >= 0.6 is 0 Å². The molecule has 0 aromatic rings. The maximum Gasteiger partial charge on any atom is 0.0690 e. The summed E-state index contributed by atoms with van der Waals surface area (Å²) in [7, 11) is 1.70. The van der Waals surface area contributed by atoms with Crippen LogP contribution in [0, 0.1) is 22.7 Å². The van der Waals surface area contributed by atoms with Gasteiger partial charge in [0.15, 0.2) is 0 Å². The van der Waals surface area contributed by atoms with Crippen LogP contribution in [-0.2, 0) is 4.74 Å². The third-order valence-electron chi connectivity index (χ3n) is 2.88. The van der Waals surface area contributed by atoms with Crippen molar-refractivity contribution in [2.75, 3.05) is 13.7 Å². The van der Waals surface area contributed by atoms with E-state index in [1.54, 1.807) is 7.11 Å². The van der Waals surface area contributed by atoms with Gasteiger partial charge in [0, 0.05) is 13.7 Å². The Balaban J connectivity index is 2.48. The number of hydrogen-bond donors (Lipinski definition) is 0. The van der Waals surface area contributed by atoms with Crippen molar-refractivity contribution in [2.45, 2.75) is 32.6 Å². The third-order valence-corrected chi connectivity index (χ3v) is 2.88. The lowest BCUT2D eigenvalue weighted by atomic mass is 9.84. The van der Waals surface area contributed by atoms with Crippen LogP contribution in [0.4, 0.5) is 0 Å². The highest BCUT2D eigenvalue weighted by atomic mass is 16.5. The molecule has 1 rings (SSSR count). The maximum atomic E-state index is 9.06. The average molecular weight is 167 g/mol. The number of hydrogen-bond acceptors (Lipinski definition) is 2. The summed E-state index contributed by atoms with van der Waals surface area (Å²) in [6.45, 7) is 2.95. The van der Waals surface area contributed by atoms with Crippen molar-refractivity contribution in [1.82, 2.24) is 0 Å². The highest BCUT2D eigenvalue weighted by Gasteiger charge is 2.36. The number of nitrogens with zero attached hydrogens (tertiary/aromatic N) is 1. The molecule has 2 heteroatoms. The van der Waals surface area contributed by atoms with Crippen LogP contribution in [0.1, 0.15) is 32.6 Å². The summed E-state index contributed by atoms with van der Waals surface area (Å²) in [6, 6.07) is 2.46. The SMILES string of the molecule is COCCC1(C#N)CCC(C)C1. The minimum absolute atomic E-state index is 0.0601. The molecule has 0 N–H and O–H groups in total. The van der Waals surface area contributed by atoms with Gasteiger partial charge in [-0.3, -0.25) is 0 Å². The molecule has 0 aliphatic heterocycles.